The summed E-state index contributed by atoms with van der Waals surface area (Å²) in [6.07, 6.45) is 10.7. The fraction of sp³-hybridized carbons (Fsp3) is 0.875. The smallest absolute Gasteiger partial charge is 0.0979 e. The summed E-state index contributed by atoms with van der Waals surface area (Å²) >= 11 is 0. The SMILES string of the molecule is C#CCC[C@]1(C)[C@H]2CC(C)(C)C[C@H]2[C@@H]2O[C@@]21C. The highest BCUT2D eigenvalue weighted by Crippen LogP contribution is 2.73. The van der Waals surface area contributed by atoms with Gasteiger partial charge in [0.1, 0.15) is 0 Å². The second-order valence-corrected chi connectivity index (χ2v) is 7.61. The van der Waals surface area contributed by atoms with Gasteiger partial charge in [-0.1, -0.05) is 20.8 Å². The van der Waals surface area contributed by atoms with Gasteiger partial charge in [-0.3, -0.25) is 0 Å². The molecule has 1 aliphatic heterocycles. The number of fused-ring (bicyclic) bond motifs is 3. The molecule has 1 heteroatoms. The molecule has 1 saturated heterocycles. The molecule has 0 N–H and O–H groups in total. The molecule has 0 amide bonds. The molecule has 5 atom stereocenters. The molecule has 0 unspecified atom stereocenters. The predicted molar refractivity (Wildman–Crippen MR) is 69.4 cm³/mol. The van der Waals surface area contributed by atoms with E-state index in [1.807, 2.05) is 0 Å². The van der Waals surface area contributed by atoms with Crippen LogP contribution >= 0.6 is 0 Å². The van der Waals surface area contributed by atoms with Crippen molar-refractivity contribution in [1.29, 1.82) is 0 Å². The van der Waals surface area contributed by atoms with Gasteiger partial charge in [-0.25, -0.2) is 0 Å². The molecule has 3 aliphatic rings. The monoisotopic (exact) mass is 232 g/mol. The van der Waals surface area contributed by atoms with Crippen molar-refractivity contribution in [2.24, 2.45) is 22.7 Å². The fourth-order valence-electron chi connectivity index (χ4n) is 4.94. The molecule has 2 saturated carbocycles. The van der Waals surface area contributed by atoms with Gasteiger partial charge in [0, 0.05) is 11.8 Å². The molecule has 0 aromatic rings. The number of terminal acetylenes is 1. The van der Waals surface area contributed by atoms with Gasteiger partial charge in [0.2, 0.25) is 0 Å². The molecule has 94 valence electrons. The first-order valence-corrected chi connectivity index (χ1v) is 6.95. The van der Waals surface area contributed by atoms with Crippen LogP contribution in [0.15, 0.2) is 0 Å². The first-order chi connectivity index (χ1) is 7.84. The second kappa shape index (κ2) is 3.09. The van der Waals surface area contributed by atoms with Gasteiger partial charge >= 0.3 is 0 Å². The molecule has 0 aromatic carbocycles. The molecule has 3 fully saturated rings. The first-order valence-electron chi connectivity index (χ1n) is 6.95. The highest BCUT2D eigenvalue weighted by molar-refractivity contribution is 5.25. The lowest BCUT2D eigenvalue weighted by molar-refractivity contribution is 0.0311. The molecule has 17 heavy (non-hydrogen) atoms. The summed E-state index contributed by atoms with van der Waals surface area (Å²) in [4.78, 5) is 0. The van der Waals surface area contributed by atoms with Crippen LogP contribution < -0.4 is 0 Å². The van der Waals surface area contributed by atoms with Crippen molar-refractivity contribution in [3.8, 4) is 12.3 Å². The summed E-state index contributed by atoms with van der Waals surface area (Å²) in [6, 6.07) is 0. The highest BCUT2D eigenvalue weighted by Gasteiger charge is 2.77. The van der Waals surface area contributed by atoms with Crippen molar-refractivity contribution in [3.63, 3.8) is 0 Å². The summed E-state index contributed by atoms with van der Waals surface area (Å²) in [5.41, 5.74) is 0.943. The number of ether oxygens (including phenoxy) is 1. The molecular formula is C16H24O. The van der Waals surface area contributed by atoms with E-state index in [4.69, 9.17) is 11.2 Å². The predicted octanol–water partition coefficient (Wildman–Crippen LogP) is 3.63. The zero-order valence-corrected chi connectivity index (χ0v) is 11.5. The van der Waals surface area contributed by atoms with Gasteiger partial charge in [-0.15, -0.1) is 12.3 Å². The molecule has 2 aliphatic carbocycles. The minimum atomic E-state index is 0.135. The van der Waals surface area contributed by atoms with Crippen molar-refractivity contribution >= 4 is 0 Å². The minimum Gasteiger partial charge on any atom is -0.365 e. The lowest BCUT2D eigenvalue weighted by Crippen LogP contribution is -2.37. The van der Waals surface area contributed by atoms with Gasteiger partial charge in [-0.05, 0) is 43.4 Å². The van der Waals surface area contributed by atoms with Crippen LogP contribution in [-0.2, 0) is 4.74 Å². The Morgan fingerprint density at radius 2 is 1.94 bits per heavy atom. The largest absolute Gasteiger partial charge is 0.365 e. The van der Waals surface area contributed by atoms with E-state index in [2.05, 4.69) is 33.6 Å². The van der Waals surface area contributed by atoms with E-state index in [0.29, 0.717) is 16.9 Å². The molecular weight excluding hydrogens is 208 g/mol. The first kappa shape index (κ1) is 11.6. The quantitative estimate of drug-likeness (QED) is 0.523. The van der Waals surface area contributed by atoms with Crippen LogP contribution in [0, 0.1) is 35.0 Å². The van der Waals surface area contributed by atoms with Crippen LogP contribution in [0.3, 0.4) is 0 Å². The number of rotatable bonds is 2. The Morgan fingerprint density at radius 1 is 1.24 bits per heavy atom. The van der Waals surface area contributed by atoms with Crippen LogP contribution in [0.25, 0.3) is 0 Å². The van der Waals surface area contributed by atoms with Gasteiger partial charge in [0.15, 0.2) is 0 Å². The molecule has 0 spiro atoms. The average molecular weight is 232 g/mol. The molecule has 1 nitrogen and oxygen atoms in total. The highest BCUT2D eigenvalue weighted by atomic mass is 16.6. The molecule has 1 heterocycles. The van der Waals surface area contributed by atoms with E-state index in [0.717, 1.165) is 24.7 Å². The molecule has 0 aromatic heterocycles. The maximum absolute atomic E-state index is 6.09. The van der Waals surface area contributed by atoms with E-state index < -0.39 is 0 Å². The molecule has 0 bridgehead atoms. The van der Waals surface area contributed by atoms with E-state index in [1.165, 1.54) is 12.8 Å². The normalized spacial score (nSPS) is 53.9. The van der Waals surface area contributed by atoms with Gasteiger partial charge in [0.25, 0.3) is 0 Å². The maximum Gasteiger partial charge on any atom is 0.0979 e. The van der Waals surface area contributed by atoms with Gasteiger partial charge in [-0.2, -0.15) is 0 Å². The third kappa shape index (κ3) is 1.31. The van der Waals surface area contributed by atoms with Crippen LogP contribution in [0.1, 0.15) is 53.4 Å². The Morgan fingerprint density at radius 3 is 2.59 bits per heavy atom. The molecule has 3 rings (SSSR count). The van der Waals surface area contributed by atoms with E-state index in [-0.39, 0.29) is 5.60 Å². The van der Waals surface area contributed by atoms with Gasteiger partial charge < -0.3 is 4.74 Å². The Kier molecular flexibility index (Phi) is 2.11. The minimum absolute atomic E-state index is 0.135. The van der Waals surface area contributed by atoms with Crippen molar-refractivity contribution in [2.45, 2.75) is 65.1 Å². The number of hydrogen-bond donors (Lipinski definition) is 0. The second-order valence-electron chi connectivity index (χ2n) is 7.61. The summed E-state index contributed by atoms with van der Waals surface area (Å²) in [5, 5.41) is 0. The zero-order valence-electron chi connectivity index (χ0n) is 11.5. The fourth-order valence-corrected chi connectivity index (χ4v) is 4.94. The Bertz CT molecular complexity index is 391. The Labute approximate surface area is 105 Å². The standard InChI is InChI=1S/C16H24O/c1-6-7-8-15(4)12-10-14(2,3)9-11(12)13-16(15,5)17-13/h1,11-13H,7-10H2,2-5H3/t11-,12+,13+,15-,16+/m1/s1. The van der Waals surface area contributed by atoms with Crippen molar-refractivity contribution < 1.29 is 4.74 Å². The van der Waals surface area contributed by atoms with Crippen LogP contribution in [-0.4, -0.2) is 11.7 Å². The summed E-state index contributed by atoms with van der Waals surface area (Å²) in [6.45, 7) is 9.56. The number of hydrogen-bond acceptors (Lipinski definition) is 1. The Balaban J connectivity index is 1.90. The average Bonchev–Trinajstić information content (AvgIpc) is 2.78. The number of epoxide rings is 1. The van der Waals surface area contributed by atoms with Crippen LogP contribution in [0.2, 0.25) is 0 Å². The summed E-state index contributed by atoms with van der Waals surface area (Å²) in [7, 11) is 0. The lowest BCUT2D eigenvalue weighted by atomic mass is 9.67. The van der Waals surface area contributed by atoms with E-state index >= 15 is 0 Å². The topological polar surface area (TPSA) is 12.5 Å². The van der Waals surface area contributed by atoms with Crippen molar-refractivity contribution in [2.75, 3.05) is 0 Å². The Hall–Kier alpha value is -0.480. The zero-order chi connectivity index (χ0) is 12.5. The molecule has 0 radical (unpaired) electrons. The third-order valence-electron chi connectivity index (χ3n) is 6.07. The van der Waals surface area contributed by atoms with Crippen molar-refractivity contribution in [3.05, 3.63) is 0 Å². The van der Waals surface area contributed by atoms with Crippen molar-refractivity contribution in [1.82, 2.24) is 0 Å². The summed E-state index contributed by atoms with van der Waals surface area (Å²) in [5.74, 6) is 4.44. The van der Waals surface area contributed by atoms with Crippen LogP contribution in [0.4, 0.5) is 0 Å². The van der Waals surface area contributed by atoms with Crippen LogP contribution in [0.5, 0.6) is 0 Å². The van der Waals surface area contributed by atoms with Gasteiger partial charge in [0.05, 0.1) is 11.7 Å². The lowest BCUT2D eigenvalue weighted by Gasteiger charge is -2.38. The van der Waals surface area contributed by atoms with E-state index in [1.54, 1.807) is 0 Å². The summed E-state index contributed by atoms with van der Waals surface area (Å²) < 4.78 is 6.09. The van der Waals surface area contributed by atoms with E-state index in [9.17, 15) is 0 Å². The maximum atomic E-state index is 6.09. The third-order valence-corrected chi connectivity index (χ3v) is 6.07.